The highest BCUT2D eigenvalue weighted by Gasteiger charge is 2.20. The first-order valence-electron chi connectivity index (χ1n) is 6.06. The van der Waals surface area contributed by atoms with Gasteiger partial charge in [-0.15, -0.1) is 0 Å². The van der Waals surface area contributed by atoms with Crippen LogP contribution in [-0.4, -0.2) is 16.8 Å². The Balaban J connectivity index is 1.70. The third-order valence-electron chi connectivity index (χ3n) is 2.94. The Morgan fingerprint density at radius 1 is 1.45 bits per heavy atom. The van der Waals surface area contributed by atoms with Gasteiger partial charge in [-0.1, -0.05) is 12.1 Å². The fourth-order valence-corrected chi connectivity index (χ4v) is 2.62. The number of carbonyl (C=O) groups is 1. The predicted octanol–water partition coefficient (Wildman–Crippen LogP) is 1.93. The number of fused-ring (bicyclic) bond motifs is 1. The van der Waals surface area contributed by atoms with E-state index in [1.807, 2.05) is 28.9 Å². The average Bonchev–Trinajstić information content (AvgIpc) is 2.94. The van der Waals surface area contributed by atoms with Gasteiger partial charge in [0.15, 0.2) is 0 Å². The van der Waals surface area contributed by atoms with Crippen LogP contribution >= 0.6 is 12.1 Å². The molecule has 1 aromatic carbocycles. The zero-order valence-corrected chi connectivity index (χ0v) is 11.4. The predicted molar refractivity (Wildman–Crippen MR) is 78.3 cm³/mol. The van der Waals surface area contributed by atoms with E-state index < -0.39 is 5.91 Å². The average molecular weight is 287 g/mol. The van der Waals surface area contributed by atoms with Crippen LogP contribution in [0.4, 0.5) is 0 Å². The third kappa shape index (κ3) is 2.50. The Bertz CT molecular complexity index is 637. The molecule has 0 radical (unpaired) electrons. The topological polar surface area (TPSA) is 67.6 Å². The number of nitrogens with two attached hydrogens (primary N) is 1. The highest BCUT2D eigenvalue weighted by Crippen LogP contribution is 2.30. The van der Waals surface area contributed by atoms with Gasteiger partial charge in [-0.25, -0.2) is 0 Å². The smallest absolute Gasteiger partial charge is 0.248 e. The standard InChI is InChI=1S/C14H13N3O2S/c15-14(18)10-3-1-5-12(7-10)19-9-11-4-2-6-17-13(11)8-16-20-17/h1-8,16H,9H2,(H2,15,18). The van der Waals surface area contributed by atoms with Crippen LogP contribution in [0, 0.1) is 0 Å². The molecule has 0 unspecified atom stereocenters. The Hall–Kier alpha value is -2.34. The van der Waals surface area contributed by atoms with Crippen molar-refractivity contribution in [3.8, 4) is 5.75 Å². The van der Waals surface area contributed by atoms with E-state index in [4.69, 9.17) is 10.5 Å². The van der Waals surface area contributed by atoms with Crippen molar-refractivity contribution >= 4 is 18.0 Å². The number of primary amides is 1. The molecular formula is C14H13N3O2S. The van der Waals surface area contributed by atoms with E-state index in [2.05, 4.69) is 4.72 Å². The van der Waals surface area contributed by atoms with Gasteiger partial charge in [0.05, 0.1) is 17.8 Å². The normalized spacial score (nSPS) is 16.1. The molecule has 0 spiro atoms. The summed E-state index contributed by atoms with van der Waals surface area (Å²) in [4.78, 5) is 11.1. The Morgan fingerprint density at radius 2 is 2.35 bits per heavy atom. The molecule has 0 fully saturated rings. The SMILES string of the molecule is NC(=O)c1cccc(OCC2=CC=CN3SNC=C23)c1. The van der Waals surface area contributed by atoms with E-state index >= 15 is 0 Å². The van der Waals surface area contributed by atoms with Crippen LogP contribution in [0.2, 0.25) is 0 Å². The molecule has 0 saturated heterocycles. The maximum atomic E-state index is 11.1. The molecule has 2 heterocycles. The molecule has 20 heavy (non-hydrogen) atoms. The van der Waals surface area contributed by atoms with Gasteiger partial charge in [-0.05, 0) is 24.3 Å². The Morgan fingerprint density at radius 3 is 3.20 bits per heavy atom. The largest absolute Gasteiger partial charge is 0.489 e. The summed E-state index contributed by atoms with van der Waals surface area (Å²) < 4.78 is 10.8. The van der Waals surface area contributed by atoms with Crippen LogP contribution in [0.3, 0.4) is 0 Å². The number of allylic oxidation sites excluding steroid dienone is 2. The number of nitrogens with one attached hydrogen (secondary N) is 1. The van der Waals surface area contributed by atoms with E-state index in [1.54, 1.807) is 24.3 Å². The lowest BCUT2D eigenvalue weighted by molar-refractivity contribution is 0.1000. The molecule has 0 bridgehead atoms. The van der Waals surface area contributed by atoms with Crippen molar-refractivity contribution in [3.63, 3.8) is 0 Å². The van der Waals surface area contributed by atoms with Crippen molar-refractivity contribution in [2.24, 2.45) is 5.73 Å². The monoisotopic (exact) mass is 287 g/mol. The first-order valence-corrected chi connectivity index (χ1v) is 6.84. The second kappa shape index (κ2) is 5.34. The van der Waals surface area contributed by atoms with Crippen molar-refractivity contribution in [2.75, 3.05) is 6.61 Å². The number of ether oxygens (including phenoxy) is 1. The number of amides is 1. The summed E-state index contributed by atoms with van der Waals surface area (Å²) in [5, 5.41) is 0. The molecule has 3 rings (SSSR count). The van der Waals surface area contributed by atoms with Crippen molar-refractivity contribution in [3.05, 3.63) is 65.7 Å². The Kier molecular flexibility index (Phi) is 3.39. The number of benzene rings is 1. The second-order valence-electron chi connectivity index (χ2n) is 4.28. The highest BCUT2D eigenvalue weighted by molar-refractivity contribution is 7.95. The minimum absolute atomic E-state index is 0.428. The van der Waals surface area contributed by atoms with Crippen LogP contribution in [0.5, 0.6) is 5.75 Å². The number of nitrogens with zero attached hydrogens (tertiary/aromatic N) is 1. The van der Waals surface area contributed by atoms with Gasteiger partial charge in [0.1, 0.15) is 12.4 Å². The summed E-state index contributed by atoms with van der Waals surface area (Å²) in [5.74, 6) is 0.169. The summed E-state index contributed by atoms with van der Waals surface area (Å²) in [6.45, 7) is 0.428. The first kappa shape index (κ1) is 12.7. The van der Waals surface area contributed by atoms with Gasteiger partial charge in [0, 0.05) is 23.5 Å². The summed E-state index contributed by atoms with van der Waals surface area (Å²) >= 11 is 1.50. The van der Waals surface area contributed by atoms with Gasteiger partial charge in [-0.2, -0.15) is 0 Å². The molecule has 0 atom stereocenters. The minimum Gasteiger partial charge on any atom is -0.489 e. The number of hydrogen-bond donors (Lipinski definition) is 2. The number of carbonyl (C=O) groups excluding carboxylic acids is 1. The van der Waals surface area contributed by atoms with Gasteiger partial charge in [0.2, 0.25) is 5.91 Å². The summed E-state index contributed by atoms with van der Waals surface area (Å²) in [6, 6.07) is 6.87. The molecule has 3 N–H and O–H groups in total. The van der Waals surface area contributed by atoms with E-state index in [9.17, 15) is 4.79 Å². The Labute approximate surface area is 121 Å². The van der Waals surface area contributed by atoms with Crippen LogP contribution in [0.15, 0.2) is 60.1 Å². The fraction of sp³-hybridized carbons (Fsp3) is 0.0714. The van der Waals surface area contributed by atoms with Gasteiger partial charge >= 0.3 is 0 Å². The van der Waals surface area contributed by atoms with E-state index in [0.717, 1.165) is 11.3 Å². The van der Waals surface area contributed by atoms with E-state index in [-0.39, 0.29) is 0 Å². The highest BCUT2D eigenvalue weighted by atomic mass is 32.2. The lowest BCUT2D eigenvalue weighted by atomic mass is 10.1. The quantitative estimate of drug-likeness (QED) is 0.828. The minimum atomic E-state index is -0.458. The molecule has 0 saturated carbocycles. The molecular weight excluding hydrogens is 274 g/mol. The molecule has 6 heteroatoms. The zero-order valence-electron chi connectivity index (χ0n) is 10.6. The number of rotatable bonds is 4. The summed E-state index contributed by atoms with van der Waals surface area (Å²) in [6.07, 6.45) is 7.89. The van der Waals surface area contributed by atoms with Gasteiger partial charge < -0.3 is 15.2 Å². The molecule has 0 aliphatic carbocycles. The molecule has 1 aromatic rings. The molecule has 1 amide bonds. The summed E-state index contributed by atoms with van der Waals surface area (Å²) in [5.41, 5.74) is 7.83. The van der Waals surface area contributed by atoms with E-state index in [1.165, 1.54) is 12.1 Å². The van der Waals surface area contributed by atoms with Crippen LogP contribution < -0.4 is 15.2 Å². The second-order valence-corrected chi connectivity index (χ2v) is 5.09. The van der Waals surface area contributed by atoms with Crippen molar-refractivity contribution in [1.82, 2.24) is 9.03 Å². The molecule has 2 aliphatic heterocycles. The van der Waals surface area contributed by atoms with Crippen LogP contribution in [0.25, 0.3) is 0 Å². The maximum Gasteiger partial charge on any atom is 0.248 e. The van der Waals surface area contributed by atoms with Crippen molar-refractivity contribution in [1.29, 1.82) is 0 Å². The summed E-state index contributed by atoms with van der Waals surface area (Å²) in [7, 11) is 0. The van der Waals surface area contributed by atoms with Gasteiger partial charge in [0.25, 0.3) is 0 Å². The zero-order chi connectivity index (χ0) is 13.9. The van der Waals surface area contributed by atoms with Gasteiger partial charge in [-0.3, -0.25) is 9.10 Å². The lowest BCUT2D eigenvalue weighted by Crippen LogP contribution is -2.14. The van der Waals surface area contributed by atoms with Crippen molar-refractivity contribution in [2.45, 2.75) is 0 Å². The van der Waals surface area contributed by atoms with Crippen molar-refractivity contribution < 1.29 is 9.53 Å². The molecule has 2 aliphatic rings. The fourth-order valence-electron chi connectivity index (χ4n) is 1.94. The number of hydrogen-bond acceptors (Lipinski definition) is 5. The molecule has 5 nitrogen and oxygen atoms in total. The van der Waals surface area contributed by atoms with Crippen LogP contribution in [0.1, 0.15) is 10.4 Å². The lowest BCUT2D eigenvalue weighted by Gasteiger charge is -2.20. The maximum absolute atomic E-state index is 11.1. The van der Waals surface area contributed by atoms with E-state index in [0.29, 0.717) is 17.9 Å². The molecule has 102 valence electrons. The van der Waals surface area contributed by atoms with Crippen LogP contribution in [-0.2, 0) is 0 Å². The first-order chi connectivity index (χ1) is 9.74. The third-order valence-corrected chi connectivity index (χ3v) is 3.68. The molecule has 0 aromatic heterocycles.